The number of aryl methyl sites for hydroxylation is 1. The molecule has 4 heteroatoms. The van der Waals surface area contributed by atoms with E-state index in [0.717, 1.165) is 23.8 Å². The van der Waals surface area contributed by atoms with E-state index in [2.05, 4.69) is 11.4 Å². The molecule has 0 spiro atoms. The van der Waals surface area contributed by atoms with Crippen LogP contribution in [-0.4, -0.2) is 11.9 Å². The fourth-order valence-electron chi connectivity index (χ4n) is 2.17. The van der Waals surface area contributed by atoms with Crippen LogP contribution in [0, 0.1) is 24.2 Å². The van der Waals surface area contributed by atoms with E-state index in [-0.39, 0.29) is 11.7 Å². The number of amides is 1. The second-order valence-corrected chi connectivity index (χ2v) is 5.07. The number of furan rings is 1. The van der Waals surface area contributed by atoms with Crippen molar-refractivity contribution in [2.75, 3.05) is 0 Å². The standard InChI is InChI=1S/C15H14N2O2/c1-9-2-5-13-11(6-9)7-14(19-13)15(18)17-12(8-16)10-3-4-10/h2,5-7,10,12H,3-4H2,1H3,(H,17,18). The summed E-state index contributed by atoms with van der Waals surface area (Å²) in [6.07, 6.45) is 2.02. The van der Waals surface area contributed by atoms with Crippen molar-refractivity contribution in [1.29, 1.82) is 5.26 Å². The maximum Gasteiger partial charge on any atom is 0.288 e. The van der Waals surface area contributed by atoms with Gasteiger partial charge in [0, 0.05) is 5.39 Å². The highest BCUT2D eigenvalue weighted by Gasteiger charge is 2.33. The predicted molar refractivity (Wildman–Crippen MR) is 70.5 cm³/mol. The first-order valence-corrected chi connectivity index (χ1v) is 6.38. The molecule has 1 heterocycles. The number of nitriles is 1. The molecule has 0 aliphatic heterocycles. The third-order valence-corrected chi connectivity index (χ3v) is 3.41. The van der Waals surface area contributed by atoms with E-state index in [4.69, 9.17) is 9.68 Å². The van der Waals surface area contributed by atoms with Crippen molar-refractivity contribution in [3.63, 3.8) is 0 Å². The first-order chi connectivity index (χ1) is 9.17. The molecule has 1 aliphatic rings. The minimum atomic E-state index is -0.401. The number of carbonyl (C=O) groups excluding carboxylic acids is 1. The summed E-state index contributed by atoms with van der Waals surface area (Å²) >= 11 is 0. The van der Waals surface area contributed by atoms with E-state index in [1.807, 2.05) is 25.1 Å². The number of hydrogen-bond donors (Lipinski definition) is 1. The SMILES string of the molecule is Cc1ccc2oc(C(=O)NC(C#N)C3CC3)cc2c1. The lowest BCUT2D eigenvalue weighted by molar-refractivity contribution is 0.0916. The molecule has 0 saturated heterocycles. The number of benzene rings is 1. The number of nitrogens with one attached hydrogen (secondary N) is 1. The first kappa shape index (κ1) is 11.8. The first-order valence-electron chi connectivity index (χ1n) is 6.38. The van der Waals surface area contributed by atoms with Crippen LogP contribution in [-0.2, 0) is 0 Å². The molecule has 1 aliphatic carbocycles. The molecule has 2 aromatic rings. The second-order valence-electron chi connectivity index (χ2n) is 5.07. The largest absolute Gasteiger partial charge is 0.451 e. The molecular weight excluding hydrogens is 240 g/mol. The van der Waals surface area contributed by atoms with Crippen LogP contribution >= 0.6 is 0 Å². The Kier molecular flexibility index (Phi) is 2.75. The molecule has 3 rings (SSSR count). The smallest absolute Gasteiger partial charge is 0.288 e. The number of rotatable bonds is 3. The third kappa shape index (κ3) is 2.32. The highest BCUT2D eigenvalue weighted by Crippen LogP contribution is 2.32. The van der Waals surface area contributed by atoms with Crippen LogP contribution in [0.1, 0.15) is 29.0 Å². The van der Waals surface area contributed by atoms with Gasteiger partial charge in [0.2, 0.25) is 0 Å². The molecule has 4 nitrogen and oxygen atoms in total. The molecular formula is C15H14N2O2. The molecule has 1 atom stereocenters. The lowest BCUT2D eigenvalue weighted by Gasteiger charge is -2.08. The number of carbonyl (C=O) groups is 1. The van der Waals surface area contributed by atoms with Crippen LogP contribution in [0.25, 0.3) is 11.0 Å². The Bertz CT molecular complexity index is 677. The van der Waals surface area contributed by atoms with Crippen LogP contribution in [0.5, 0.6) is 0 Å². The zero-order chi connectivity index (χ0) is 13.4. The van der Waals surface area contributed by atoms with Crippen LogP contribution in [0.4, 0.5) is 0 Å². The monoisotopic (exact) mass is 254 g/mol. The Balaban J connectivity index is 1.83. The van der Waals surface area contributed by atoms with Crippen LogP contribution in [0.2, 0.25) is 0 Å². The van der Waals surface area contributed by atoms with E-state index in [9.17, 15) is 4.79 Å². The molecule has 0 radical (unpaired) electrons. The fraction of sp³-hybridized carbons (Fsp3) is 0.333. The third-order valence-electron chi connectivity index (χ3n) is 3.41. The lowest BCUT2D eigenvalue weighted by atomic mass is 10.2. The van der Waals surface area contributed by atoms with Crippen LogP contribution in [0.15, 0.2) is 28.7 Å². The van der Waals surface area contributed by atoms with Gasteiger partial charge in [-0.15, -0.1) is 0 Å². The van der Waals surface area contributed by atoms with Gasteiger partial charge in [0.15, 0.2) is 5.76 Å². The zero-order valence-corrected chi connectivity index (χ0v) is 10.6. The van der Waals surface area contributed by atoms with Gasteiger partial charge < -0.3 is 9.73 Å². The van der Waals surface area contributed by atoms with Gasteiger partial charge in [-0.2, -0.15) is 5.26 Å². The summed E-state index contributed by atoms with van der Waals surface area (Å²) in [6, 6.07) is 9.22. The summed E-state index contributed by atoms with van der Waals surface area (Å²) < 4.78 is 5.51. The topological polar surface area (TPSA) is 66.0 Å². The molecule has 1 unspecified atom stereocenters. The van der Waals surface area contributed by atoms with E-state index < -0.39 is 6.04 Å². The van der Waals surface area contributed by atoms with Gasteiger partial charge in [0.05, 0.1) is 6.07 Å². The van der Waals surface area contributed by atoms with Gasteiger partial charge in [-0.3, -0.25) is 4.79 Å². The number of fused-ring (bicyclic) bond motifs is 1. The maximum atomic E-state index is 12.0. The minimum absolute atomic E-state index is 0.265. The van der Waals surface area contributed by atoms with Crippen molar-refractivity contribution in [2.45, 2.75) is 25.8 Å². The highest BCUT2D eigenvalue weighted by molar-refractivity contribution is 5.96. The van der Waals surface area contributed by atoms with Gasteiger partial charge in [-0.25, -0.2) is 0 Å². The molecule has 1 saturated carbocycles. The Labute approximate surface area is 111 Å². The van der Waals surface area contributed by atoms with E-state index >= 15 is 0 Å². The maximum absolute atomic E-state index is 12.0. The Hall–Kier alpha value is -2.28. The zero-order valence-electron chi connectivity index (χ0n) is 10.6. The molecule has 0 bridgehead atoms. The summed E-state index contributed by atoms with van der Waals surface area (Å²) in [7, 11) is 0. The van der Waals surface area contributed by atoms with E-state index in [1.165, 1.54) is 0 Å². The predicted octanol–water partition coefficient (Wildman–Crippen LogP) is 2.77. The van der Waals surface area contributed by atoms with Crippen molar-refractivity contribution >= 4 is 16.9 Å². The van der Waals surface area contributed by atoms with Crippen molar-refractivity contribution in [2.24, 2.45) is 5.92 Å². The molecule has 1 fully saturated rings. The molecule has 19 heavy (non-hydrogen) atoms. The van der Waals surface area contributed by atoms with Gasteiger partial charge in [0.1, 0.15) is 11.6 Å². The number of hydrogen-bond acceptors (Lipinski definition) is 3. The minimum Gasteiger partial charge on any atom is -0.451 e. The van der Waals surface area contributed by atoms with Crippen molar-refractivity contribution < 1.29 is 9.21 Å². The average molecular weight is 254 g/mol. The van der Waals surface area contributed by atoms with Gasteiger partial charge in [0.25, 0.3) is 5.91 Å². The normalized spacial score (nSPS) is 16.0. The Morgan fingerprint density at radius 2 is 2.26 bits per heavy atom. The second kappa shape index (κ2) is 4.43. The van der Waals surface area contributed by atoms with E-state index in [1.54, 1.807) is 6.07 Å². The molecule has 1 aromatic carbocycles. The summed E-state index contributed by atoms with van der Waals surface area (Å²) in [4.78, 5) is 12.0. The molecule has 1 N–H and O–H groups in total. The summed E-state index contributed by atoms with van der Waals surface area (Å²) in [5.74, 6) is 0.259. The molecule has 96 valence electrons. The van der Waals surface area contributed by atoms with Crippen LogP contribution < -0.4 is 5.32 Å². The molecule has 1 amide bonds. The van der Waals surface area contributed by atoms with Crippen LogP contribution in [0.3, 0.4) is 0 Å². The quantitative estimate of drug-likeness (QED) is 0.915. The lowest BCUT2D eigenvalue weighted by Crippen LogP contribution is -2.35. The Morgan fingerprint density at radius 3 is 2.95 bits per heavy atom. The van der Waals surface area contributed by atoms with Gasteiger partial charge >= 0.3 is 0 Å². The molecule has 1 aromatic heterocycles. The number of nitrogens with zero attached hydrogens (tertiary/aromatic N) is 1. The van der Waals surface area contributed by atoms with Crippen molar-refractivity contribution in [1.82, 2.24) is 5.32 Å². The average Bonchev–Trinajstić information content (AvgIpc) is 3.15. The fourth-order valence-corrected chi connectivity index (χ4v) is 2.17. The van der Waals surface area contributed by atoms with Gasteiger partial charge in [-0.1, -0.05) is 11.6 Å². The van der Waals surface area contributed by atoms with Crippen molar-refractivity contribution in [3.05, 3.63) is 35.6 Å². The highest BCUT2D eigenvalue weighted by atomic mass is 16.3. The van der Waals surface area contributed by atoms with E-state index in [0.29, 0.717) is 11.5 Å². The van der Waals surface area contributed by atoms with Crippen molar-refractivity contribution in [3.8, 4) is 6.07 Å². The summed E-state index contributed by atoms with van der Waals surface area (Å²) in [5.41, 5.74) is 1.81. The van der Waals surface area contributed by atoms with Gasteiger partial charge in [-0.05, 0) is 43.9 Å². The summed E-state index contributed by atoms with van der Waals surface area (Å²) in [6.45, 7) is 1.99. The Morgan fingerprint density at radius 1 is 1.47 bits per heavy atom. The summed E-state index contributed by atoms with van der Waals surface area (Å²) in [5, 5.41) is 12.6.